The first-order valence-corrected chi connectivity index (χ1v) is 9.14. The number of aryl methyl sites for hydroxylation is 3. The Hall–Kier alpha value is -2.63. The minimum Gasteiger partial charge on any atom is -0.254 e. The second-order valence-corrected chi connectivity index (χ2v) is 6.94. The number of nitrogens with one attached hydrogen (secondary N) is 1. The molecule has 0 saturated carbocycles. The maximum Gasteiger partial charge on any atom is 0.207 e. The van der Waals surface area contributed by atoms with Gasteiger partial charge in [0, 0.05) is 11.9 Å². The normalized spacial score (nSPS) is 16.3. The Labute approximate surface area is 146 Å². The molecule has 2 aliphatic rings. The molecular weight excluding hydrogens is 312 g/mol. The Bertz CT molecular complexity index is 916. The van der Waals surface area contributed by atoms with Crippen LogP contribution in [0.3, 0.4) is 0 Å². The van der Waals surface area contributed by atoms with Crippen molar-refractivity contribution in [3.63, 3.8) is 0 Å². The monoisotopic (exact) mass is 332 g/mol. The third-order valence-corrected chi connectivity index (χ3v) is 5.39. The molecule has 25 heavy (non-hydrogen) atoms. The first-order chi connectivity index (χ1) is 12.4. The van der Waals surface area contributed by atoms with E-state index in [1.807, 2.05) is 6.20 Å². The van der Waals surface area contributed by atoms with Crippen molar-refractivity contribution in [1.29, 1.82) is 0 Å². The average molecular weight is 332 g/mol. The van der Waals surface area contributed by atoms with E-state index in [4.69, 9.17) is 9.97 Å². The van der Waals surface area contributed by atoms with Crippen molar-refractivity contribution in [2.45, 2.75) is 51.4 Å². The Morgan fingerprint density at radius 3 is 2.60 bits per heavy atom. The maximum absolute atomic E-state index is 4.95. The van der Waals surface area contributed by atoms with Crippen molar-refractivity contribution in [3.8, 4) is 22.8 Å². The van der Waals surface area contributed by atoms with Gasteiger partial charge in [-0.3, -0.25) is 9.97 Å². The summed E-state index contributed by atoms with van der Waals surface area (Å²) in [5, 5.41) is 14.9. The van der Waals surface area contributed by atoms with Gasteiger partial charge in [0.2, 0.25) is 5.82 Å². The summed E-state index contributed by atoms with van der Waals surface area (Å²) >= 11 is 0. The van der Waals surface area contributed by atoms with Gasteiger partial charge in [0.25, 0.3) is 0 Å². The van der Waals surface area contributed by atoms with Crippen LogP contribution in [0.15, 0.2) is 18.3 Å². The first-order valence-electron chi connectivity index (χ1n) is 9.14. The molecule has 0 atom stereocenters. The Kier molecular flexibility index (Phi) is 3.54. The van der Waals surface area contributed by atoms with E-state index in [0.29, 0.717) is 5.82 Å². The predicted molar refractivity (Wildman–Crippen MR) is 93.9 cm³/mol. The molecule has 0 aliphatic heterocycles. The van der Waals surface area contributed by atoms with Crippen LogP contribution in [-0.2, 0) is 25.7 Å². The minimum atomic E-state index is 0.626. The molecule has 1 N–H and O–H groups in total. The van der Waals surface area contributed by atoms with Crippen molar-refractivity contribution in [3.05, 3.63) is 40.7 Å². The van der Waals surface area contributed by atoms with E-state index in [0.717, 1.165) is 42.6 Å². The predicted octanol–water partition coefficient (Wildman–Crippen LogP) is 3.08. The zero-order valence-corrected chi connectivity index (χ0v) is 14.1. The smallest absolute Gasteiger partial charge is 0.207 e. The highest BCUT2D eigenvalue weighted by molar-refractivity contribution is 5.79. The third kappa shape index (κ3) is 2.52. The number of pyridine rings is 2. The number of tetrazole rings is 1. The van der Waals surface area contributed by atoms with Gasteiger partial charge in [-0.1, -0.05) is 6.07 Å². The fourth-order valence-corrected chi connectivity index (χ4v) is 4.12. The number of aromatic amines is 1. The highest BCUT2D eigenvalue weighted by Crippen LogP contribution is 2.36. The van der Waals surface area contributed by atoms with Crippen LogP contribution in [0.2, 0.25) is 0 Å². The Morgan fingerprint density at radius 2 is 1.72 bits per heavy atom. The van der Waals surface area contributed by atoms with Crippen LogP contribution in [0.25, 0.3) is 22.8 Å². The molecule has 6 nitrogen and oxygen atoms in total. The molecule has 0 aromatic carbocycles. The van der Waals surface area contributed by atoms with Crippen LogP contribution in [0, 0.1) is 0 Å². The summed E-state index contributed by atoms with van der Waals surface area (Å²) in [5.74, 6) is 0.626. The van der Waals surface area contributed by atoms with Crippen LogP contribution in [0.5, 0.6) is 0 Å². The lowest BCUT2D eigenvalue weighted by Gasteiger charge is -2.21. The highest BCUT2D eigenvalue weighted by Gasteiger charge is 2.23. The SMILES string of the molecule is c1cc2c(nc1-c1ncc3c(c1-c1nn[nH]n1)CCCC3)CCCC2. The summed E-state index contributed by atoms with van der Waals surface area (Å²) in [5.41, 5.74) is 8.06. The summed E-state index contributed by atoms with van der Waals surface area (Å²) < 4.78 is 0. The van der Waals surface area contributed by atoms with E-state index in [1.165, 1.54) is 48.1 Å². The van der Waals surface area contributed by atoms with Gasteiger partial charge in [-0.15, -0.1) is 10.2 Å². The molecule has 3 aromatic heterocycles. The van der Waals surface area contributed by atoms with Gasteiger partial charge in [-0.2, -0.15) is 5.21 Å². The van der Waals surface area contributed by atoms with Crippen LogP contribution < -0.4 is 0 Å². The lowest BCUT2D eigenvalue weighted by Crippen LogP contribution is -2.10. The van der Waals surface area contributed by atoms with E-state index >= 15 is 0 Å². The van der Waals surface area contributed by atoms with Crippen LogP contribution >= 0.6 is 0 Å². The van der Waals surface area contributed by atoms with Crippen molar-refractivity contribution < 1.29 is 0 Å². The molecule has 6 heteroatoms. The van der Waals surface area contributed by atoms with Gasteiger partial charge >= 0.3 is 0 Å². The molecule has 126 valence electrons. The van der Waals surface area contributed by atoms with E-state index in [9.17, 15) is 0 Å². The lowest BCUT2D eigenvalue weighted by atomic mass is 9.87. The lowest BCUT2D eigenvalue weighted by molar-refractivity contribution is 0.668. The number of nitrogens with zero attached hydrogens (tertiary/aromatic N) is 5. The van der Waals surface area contributed by atoms with Gasteiger partial charge in [0.1, 0.15) is 5.69 Å². The maximum atomic E-state index is 4.95. The molecule has 0 bridgehead atoms. The number of H-pyrrole nitrogens is 1. The van der Waals surface area contributed by atoms with Crippen molar-refractivity contribution in [1.82, 2.24) is 30.6 Å². The highest BCUT2D eigenvalue weighted by atomic mass is 15.5. The number of rotatable bonds is 2. The number of aromatic nitrogens is 6. The largest absolute Gasteiger partial charge is 0.254 e. The van der Waals surface area contributed by atoms with Gasteiger partial charge in [0.05, 0.1) is 11.3 Å². The van der Waals surface area contributed by atoms with Crippen LogP contribution in [-0.4, -0.2) is 30.6 Å². The zero-order valence-electron chi connectivity index (χ0n) is 14.1. The molecule has 0 spiro atoms. The van der Waals surface area contributed by atoms with Crippen LogP contribution in [0.1, 0.15) is 48.1 Å². The van der Waals surface area contributed by atoms with E-state index in [-0.39, 0.29) is 0 Å². The Balaban J connectivity index is 1.71. The molecule has 3 heterocycles. The quantitative estimate of drug-likeness (QED) is 0.780. The molecular formula is C19H20N6. The molecule has 0 radical (unpaired) electrons. The second-order valence-electron chi connectivity index (χ2n) is 6.94. The van der Waals surface area contributed by atoms with Crippen molar-refractivity contribution in [2.75, 3.05) is 0 Å². The van der Waals surface area contributed by atoms with E-state index in [2.05, 4.69) is 32.8 Å². The van der Waals surface area contributed by atoms with Gasteiger partial charge in [-0.05, 0) is 79.3 Å². The summed E-state index contributed by atoms with van der Waals surface area (Å²) in [6, 6.07) is 4.32. The van der Waals surface area contributed by atoms with E-state index < -0.39 is 0 Å². The van der Waals surface area contributed by atoms with Crippen molar-refractivity contribution in [2.24, 2.45) is 0 Å². The topological polar surface area (TPSA) is 80.2 Å². The minimum absolute atomic E-state index is 0.626. The number of hydrogen-bond donors (Lipinski definition) is 1. The fourth-order valence-electron chi connectivity index (χ4n) is 4.12. The Morgan fingerprint density at radius 1 is 0.880 bits per heavy atom. The molecule has 5 rings (SSSR count). The molecule has 0 unspecified atom stereocenters. The first kappa shape index (κ1) is 14.7. The molecule has 0 fully saturated rings. The number of hydrogen-bond acceptors (Lipinski definition) is 5. The van der Waals surface area contributed by atoms with Gasteiger partial charge in [-0.25, -0.2) is 0 Å². The standard InChI is InChI=1S/C19H20N6/c1-3-7-14-13(6-1)11-20-18(17(14)19-22-24-25-23-19)16-10-9-12-5-2-4-8-15(12)21-16/h9-11H,1-8H2,(H,22,23,24,25). The second kappa shape index (κ2) is 6.02. The van der Waals surface area contributed by atoms with E-state index in [1.54, 1.807) is 0 Å². The molecule has 2 aliphatic carbocycles. The summed E-state index contributed by atoms with van der Waals surface area (Å²) in [6.45, 7) is 0. The van der Waals surface area contributed by atoms with Gasteiger partial charge in [0.15, 0.2) is 0 Å². The number of fused-ring (bicyclic) bond motifs is 2. The summed E-state index contributed by atoms with van der Waals surface area (Å²) in [7, 11) is 0. The van der Waals surface area contributed by atoms with Crippen LogP contribution in [0.4, 0.5) is 0 Å². The average Bonchev–Trinajstić information content (AvgIpc) is 3.21. The summed E-state index contributed by atoms with van der Waals surface area (Å²) in [4.78, 5) is 9.74. The third-order valence-electron chi connectivity index (χ3n) is 5.39. The molecule has 0 saturated heterocycles. The molecule has 3 aromatic rings. The fraction of sp³-hybridized carbons (Fsp3) is 0.421. The van der Waals surface area contributed by atoms with Gasteiger partial charge < -0.3 is 0 Å². The summed E-state index contributed by atoms with van der Waals surface area (Å²) in [6.07, 6.45) is 11.2. The zero-order chi connectivity index (χ0) is 16.6. The van der Waals surface area contributed by atoms with Crippen molar-refractivity contribution >= 4 is 0 Å². The molecule has 0 amide bonds.